The Labute approximate surface area is 160 Å². The van der Waals surface area contributed by atoms with Gasteiger partial charge in [0.25, 0.3) is 0 Å². The zero-order valence-corrected chi connectivity index (χ0v) is 16.4. The fourth-order valence-corrected chi connectivity index (χ4v) is 3.68. The topological polar surface area (TPSA) is 82.8 Å². The van der Waals surface area contributed by atoms with Crippen LogP contribution in [0, 0.1) is 0 Å². The lowest BCUT2D eigenvalue weighted by atomic mass is 10.1. The van der Waals surface area contributed by atoms with Gasteiger partial charge in [0.1, 0.15) is 0 Å². The second-order valence-corrected chi connectivity index (χ2v) is 7.45. The number of hydrogen-bond donors (Lipinski definition) is 0. The number of likely N-dealkylation sites (tertiary alicyclic amines) is 1. The van der Waals surface area contributed by atoms with Crippen molar-refractivity contribution in [2.75, 3.05) is 45.8 Å². The molecule has 0 saturated carbocycles. The minimum Gasteiger partial charge on any atom is -0.342 e. The molecule has 2 aliphatic rings. The third kappa shape index (κ3) is 5.76. The van der Waals surface area contributed by atoms with E-state index >= 15 is 0 Å². The molecule has 27 heavy (non-hydrogen) atoms. The van der Waals surface area contributed by atoms with Gasteiger partial charge in [0.15, 0.2) is 5.82 Å². The first kappa shape index (κ1) is 19.8. The minimum atomic E-state index is 0.118. The number of aromatic nitrogens is 2. The van der Waals surface area contributed by atoms with Crippen molar-refractivity contribution >= 4 is 11.8 Å². The molecule has 2 amide bonds. The summed E-state index contributed by atoms with van der Waals surface area (Å²) in [5, 5.41) is 3.92. The van der Waals surface area contributed by atoms with E-state index in [4.69, 9.17) is 4.52 Å². The Hall–Kier alpha value is -1.96. The maximum absolute atomic E-state index is 12.4. The van der Waals surface area contributed by atoms with Gasteiger partial charge in [0.05, 0.1) is 6.54 Å². The largest absolute Gasteiger partial charge is 0.342 e. The molecule has 150 valence electrons. The molecule has 0 atom stereocenters. The van der Waals surface area contributed by atoms with E-state index in [1.807, 2.05) is 9.80 Å². The van der Waals surface area contributed by atoms with Crippen molar-refractivity contribution in [3.8, 4) is 0 Å². The number of amides is 2. The van der Waals surface area contributed by atoms with E-state index in [0.717, 1.165) is 51.9 Å². The number of aryl methyl sites for hydroxylation is 2. The monoisotopic (exact) mass is 377 g/mol. The van der Waals surface area contributed by atoms with Crippen molar-refractivity contribution in [2.24, 2.45) is 0 Å². The maximum Gasteiger partial charge on any atom is 0.236 e. The lowest BCUT2D eigenvalue weighted by Gasteiger charge is -2.36. The summed E-state index contributed by atoms with van der Waals surface area (Å²) >= 11 is 0. The third-order valence-electron chi connectivity index (χ3n) is 5.33. The SMILES string of the molecule is CCCc1noc(CCC(=O)N2CCN(CC(=O)N3CCCCC3)CC2)n1. The number of piperazine rings is 1. The average molecular weight is 377 g/mol. The van der Waals surface area contributed by atoms with Crippen molar-refractivity contribution in [1.29, 1.82) is 0 Å². The first-order valence-electron chi connectivity index (χ1n) is 10.2. The minimum absolute atomic E-state index is 0.118. The van der Waals surface area contributed by atoms with Crippen LogP contribution in [-0.2, 0) is 22.4 Å². The van der Waals surface area contributed by atoms with Gasteiger partial charge in [-0.3, -0.25) is 14.5 Å². The third-order valence-corrected chi connectivity index (χ3v) is 5.33. The lowest BCUT2D eigenvalue weighted by Crippen LogP contribution is -2.52. The predicted octanol–water partition coefficient (Wildman–Crippen LogP) is 1.11. The quantitative estimate of drug-likeness (QED) is 0.708. The predicted molar refractivity (Wildman–Crippen MR) is 100 cm³/mol. The van der Waals surface area contributed by atoms with Gasteiger partial charge in [-0.2, -0.15) is 4.98 Å². The van der Waals surface area contributed by atoms with E-state index in [0.29, 0.717) is 44.2 Å². The van der Waals surface area contributed by atoms with Crippen LogP contribution in [0.4, 0.5) is 0 Å². The van der Waals surface area contributed by atoms with Crippen LogP contribution >= 0.6 is 0 Å². The molecule has 2 saturated heterocycles. The summed E-state index contributed by atoms with van der Waals surface area (Å²) in [7, 11) is 0. The molecule has 0 aromatic carbocycles. The van der Waals surface area contributed by atoms with Crippen molar-refractivity contribution in [3.05, 3.63) is 11.7 Å². The zero-order valence-electron chi connectivity index (χ0n) is 16.4. The smallest absolute Gasteiger partial charge is 0.236 e. The highest BCUT2D eigenvalue weighted by Crippen LogP contribution is 2.11. The molecule has 3 heterocycles. The normalized spacial score (nSPS) is 18.7. The zero-order chi connectivity index (χ0) is 19.1. The Morgan fingerprint density at radius 2 is 1.63 bits per heavy atom. The van der Waals surface area contributed by atoms with Crippen LogP contribution in [0.1, 0.15) is 50.7 Å². The van der Waals surface area contributed by atoms with E-state index in [9.17, 15) is 9.59 Å². The van der Waals surface area contributed by atoms with Crippen LogP contribution in [0.3, 0.4) is 0 Å². The molecular weight excluding hydrogens is 346 g/mol. The molecule has 0 bridgehead atoms. The molecule has 1 aromatic heterocycles. The Kier molecular flexibility index (Phi) is 7.20. The van der Waals surface area contributed by atoms with Crippen LogP contribution in [0.25, 0.3) is 0 Å². The molecule has 2 aliphatic heterocycles. The molecule has 0 unspecified atom stereocenters. The van der Waals surface area contributed by atoms with Gasteiger partial charge in [0, 0.05) is 58.5 Å². The second kappa shape index (κ2) is 9.82. The summed E-state index contributed by atoms with van der Waals surface area (Å²) < 4.78 is 5.19. The molecule has 1 aromatic rings. The van der Waals surface area contributed by atoms with Gasteiger partial charge in [-0.05, 0) is 25.7 Å². The van der Waals surface area contributed by atoms with Gasteiger partial charge >= 0.3 is 0 Å². The molecule has 0 N–H and O–H groups in total. The number of carbonyl (C=O) groups is 2. The van der Waals surface area contributed by atoms with Crippen LogP contribution in [0.2, 0.25) is 0 Å². The Balaban J connectivity index is 1.36. The molecule has 8 nitrogen and oxygen atoms in total. The van der Waals surface area contributed by atoms with Gasteiger partial charge in [-0.1, -0.05) is 12.1 Å². The molecule has 0 spiro atoms. The van der Waals surface area contributed by atoms with Gasteiger partial charge in [-0.15, -0.1) is 0 Å². The lowest BCUT2D eigenvalue weighted by molar-refractivity contribution is -0.135. The van der Waals surface area contributed by atoms with E-state index in [2.05, 4.69) is 22.0 Å². The molecule has 3 rings (SSSR count). The van der Waals surface area contributed by atoms with E-state index in [-0.39, 0.29) is 11.8 Å². The summed E-state index contributed by atoms with van der Waals surface area (Å²) in [4.78, 5) is 35.1. The number of carbonyl (C=O) groups excluding carboxylic acids is 2. The average Bonchev–Trinajstić information content (AvgIpc) is 3.15. The van der Waals surface area contributed by atoms with Gasteiger partial charge in [0.2, 0.25) is 17.7 Å². The van der Waals surface area contributed by atoms with Crippen LogP contribution in [0.5, 0.6) is 0 Å². The standard InChI is InChI=1S/C19H31N5O3/c1-2-6-16-20-17(27-21-16)7-8-18(25)24-13-11-22(12-14-24)15-19(26)23-9-4-3-5-10-23/h2-15H2,1H3. The number of hydrogen-bond acceptors (Lipinski definition) is 6. The summed E-state index contributed by atoms with van der Waals surface area (Å²) in [6.45, 7) is 7.20. The number of piperidine rings is 1. The van der Waals surface area contributed by atoms with Crippen molar-refractivity contribution < 1.29 is 14.1 Å². The van der Waals surface area contributed by atoms with Crippen LogP contribution in [0.15, 0.2) is 4.52 Å². The summed E-state index contributed by atoms with van der Waals surface area (Å²) in [6.07, 6.45) is 6.12. The highest BCUT2D eigenvalue weighted by atomic mass is 16.5. The van der Waals surface area contributed by atoms with E-state index < -0.39 is 0 Å². The highest BCUT2D eigenvalue weighted by Gasteiger charge is 2.25. The number of nitrogens with zero attached hydrogens (tertiary/aromatic N) is 5. The Morgan fingerprint density at radius 3 is 2.33 bits per heavy atom. The Morgan fingerprint density at radius 1 is 0.926 bits per heavy atom. The van der Waals surface area contributed by atoms with Gasteiger partial charge in [-0.25, -0.2) is 0 Å². The number of rotatable bonds is 7. The van der Waals surface area contributed by atoms with E-state index in [1.54, 1.807) is 0 Å². The second-order valence-electron chi connectivity index (χ2n) is 7.45. The fraction of sp³-hybridized carbons (Fsp3) is 0.789. The molecule has 8 heteroatoms. The first-order valence-corrected chi connectivity index (χ1v) is 10.2. The molecular formula is C19H31N5O3. The fourth-order valence-electron chi connectivity index (χ4n) is 3.68. The summed E-state index contributed by atoms with van der Waals surface area (Å²) in [5.74, 6) is 1.60. The summed E-state index contributed by atoms with van der Waals surface area (Å²) in [5.41, 5.74) is 0. The molecule has 0 radical (unpaired) electrons. The highest BCUT2D eigenvalue weighted by molar-refractivity contribution is 5.78. The van der Waals surface area contributed by atoms with Crippen LogP contribution in [-0.4, -0.2) is 82.5 Å². The summed E-state index contributed by atoms with van der Waals surface area (Å²) in [6, 6.07) is 0. The first-order chi connectivity index (χ1) is 13.2. The van der Waals surface area contributed by atoms with Crippen LogP contribution < -0.4 is 0 Å². The van der Waals surface area contributed by atoms with Gasteiger partial charge < -0.3 is 14.3 Å². The Bertz CT molecular complexity index is 619. The van der Waals surface area contributed by atoms with E-state index in [1.165, 1.54) is 6.42 Å². The maximum atomic E-state index is 12.4. The van der Waals surface area contributed by atoms with Crippen molar-refractivity contribution in [2.45, 2.75) is 51.9 Å². The molecule has 0 aliphatic carbocycles. The van der Waals surface area contributed by atoms with Crippen molar-refractivity contribution in [1.82, 2.24) is 24.8 Å². The molecule has 2 fully saturated rings. The van der Waals surface area contributed by atoms with Crippen molar-refractivity contribution in [3.63, 3.8) is 0 Å².